The number of piperazine rings is 1. The lowest BCUT2D eigenvalue weighted by Gasteiger charge is -2.36. The van der Waals surface area contributed by atoms with Gasteiger partial charge in [-0.3, -0.25) is 4.99 Å². The standard InChI is InChI=1S/C20H34N4O3S/c1-4-21-20(22-11-10-19-8-6-5-7-9-19)23-12-14-24(15-13-23)28(25,26)17-16-27-18(2)3/h5-9,18H,4,10-17H2,1-3H3,(H,21,22). The maximum Gasteiger partial charge on any atom is 0.216 e. The van der Waals surface area contributed by atoms with Gasteiger partial charge >= 0.3 is 0 Å². The van der Waals surface area contributed by atoms with E-state index in [2.05, 4.69) is 22.3 Å². The first-order valence-electron chi connectivity index (χ1n) is 10.1. The number of aliphatic imine (C=N–C) groups is 1. The first kappa shape index (κ1) is 22.6. The van der Waals surface area contributed by atoms with Gasteiger partial charge in [-0.2, -0.15) is 4.31 Å². The fourth-order valence-electron chi connectivity index (χ4n) is 3.06. The predicted molar refractivity (Wildman–Crippen MR) is 114 cm³/mol. The molecule has 7 nitrogen and oxygen atoms in total. The van der Waals surface area contributed by atoms with E-state index in [1.807, 2.05) is 39.0 Å². The minimum Gasteiger partial charge on any atom is -0.378 e. The number of nitrogens with one attached hydrogen (secondary N) is 1. The molecule has 0 radical (unpaired) electrons. The van der Waals surface area contributed by atoms with Gasteiger partial charge in [0.05, 0.1) is 18.5 Å². The Morgan fingerprint density at radius 3 is 2.46 bits per heavy atom. The molecule has 28 heavy (non-hydrogen) atoms. The van der Waals surface area contributed by atoms with Gasteiger partial charge in [-0.05, 0) is 32.8 Å². The van der Waals surface area contributed by atoms with Crippen LogP contribution in [0.25, 0.3) is 0 Å². The zero-order valence-electron chi connectivity index (χ0n) is 17.3. The average Bonchev–Trinajstić information content (AvgIpc) is 2.68. The van der Waals surface area contributed by atoms with E-state index in [-0.39, 0.29) is 18.5 Å². The summed E-state index contributed by atoms with van der Waals surface area (Å²) < 4.78 is 31.9. The summed E-state index contributed by atoms with van der Waals surface area (Å²) in [5.74, 6) is 0.898. The van der Waals surface area contributed by atoms with Gasteiger partial charge in [-0.1, -0.05) is 30.3 Å². The van der Waals surface area contributed by atoms with Crippen LogP contribution in [0.2, 0.25) is 0 Å². The minimum absolute atomic E-state index is 0.0381. The summed E-state index contributed by atoms with van der Waals surface area (Å²) in [6, 6.07) is 10.3. The normalized spacial score (nSPS) is 16.6. The lowest BCUT2D eigenvalue weighted by molar-refractivity contribution is 0.0904. The van der Waals surface area contributed by atoms with Crippen molar-refractivity contribution in [2.75, 3.05) is 51.6 Å². The van der Waals surface area contributed by atoms with Gasteiger partial charge in [0.2, 0.25) is 10.0 Å². The van der Waals surface area contributed by atoms with E-state index in [4.69, 9.17) is 9.73 Å². The third-order valence-corrected chi connectivity index (χ3v) is 6.40. The van der Waals surface area contributed by atoms with Crippen LogP contribution in [0.5, 0.6) is 0 Å². The molecular weight excluding hydrogens is 376 g/mol. The van der Waals surface area contributed by atoms with E-state index < -0.39 is 10.0 Å². The Morgan fingerprint density at radius 1 is 1.18 bits per heavy atom. The maximum atomic E-state index is 12.5. The van der Waals surface area contributed by atoms with Gasteiger partial charge in [-0.15, -0.1) is 0 Å². The molecule has 1 N–H and O–H groups in total. The van der Waals surface area contributed by atoms with Crippen LogP contribution in [0, 0.1) is 0 Å². The Labute approximate surface area is 169 Å². The Morgan fingerprint density at radius 2 is 1.86 bits per heavy atom. The summed E-state index contributed by atoms with van der Waals surface area (Å²) in [7, 11) is -3.27. The van der Waals surface area contributed by atoms with Crippen LogP contribution in [0.15, 0.2) is 35.3 Å². The van der Waals surface area contributed by atoms with E-state index in [1.54, 1.807) is 4.31 Å². The molecule has 1 aromatic rings. The van der Waals surface area contributed by atoms with Crippen LogP contribution in [-0.2, 0) is 21.2 Å². The number of benzene rings is 1. The first-order chi connectivity index (χ1) is 13.4. The van der Waals surface area contributed by atoms with Crippen molar-refractivity contribution in [1.82, 2.24) is 14.5 Å². The third-order valence-electron chi connectivity index (χ3n) is 4.56. The Bertz CT molecular complexity index is 699. The molecule has 1 saturated heterocycles. The fraction of sp³-hybridized carbons (Fsp3) is 0.650. The summed E-state index contributed by atoms with van der Waals surface area (Å²) in [6.45, 7) is 9.83. The van der Waals surface area contributed by atoms with Crippen LogP contribution in [0.3, 0.4) is 0 Å². The summed E-state index contributed by atoms with van der Waals surface area (Å²) >= 11 is 0. The number of nitrogens with zero attached hydrogens (tertiary/aromatic N) is 3. The SMILES string of the molecule is CCNC(=NCCc1ccccc1)N1CCN(S(=O)(=O)CCOC(C)C)CC1. The molecule has 1 fully saturated rings. The van der Waals surface area contributed by atoms with Crippen LogP contribution < -0.4 is 5.32 Å². The smallest absolute Gasteiger partial charge is 0.216 e. The highest BCUT2D eigenvalue weighted by Crippen LogP contribution is 2.09. The lowest BCUT2D eigenvalue weighted by atomic mass is 10.2. The van der Waals surface area contributed by atoms with Gasteiger partial charge in [0.1, 0.15) is 0 Å². The highest BCUT2D eigenvalue weighted by molar-refractivity contribution is 7.89. The number of rotatable bonds is 9. The van der Waals surface area contributed by atoms with Crippen LogP contribution in [0.1, 0.15) is 26.3 Å². The number of hydrogen-bond acceptors (Lipinski definition) is 4. The maximum absolute atomic E-state index is 12.5. The monoisotopic (exact) mass is 410 g/mol. The first-order valence-corrected chi connectivity index (χ1v) is 11.7. The van der Waals surface area contributed by atoms with Crippen molar-refractivity contribution in [1.29, 1.82) is 0 Å². The quantitative estimate of drug-likeness (QED) is 0.494. The molecule has 0 bridgehead atoms. The molecule has 0 unspecified atom stereocenters. The van der Waals surface area contributed by atoms with Crippen LogP contribution in [0.4, 0.5) is 0 Å². The van der Waals surface area contributed by atoms with Crippen molar-refractivity contribution < 1.29 is 13.2 Å². The Kier molecular flexibility index (Phi) is 9.21. The molecule has 0 aromatic heterocycles. The van der Waals surface area contributed by atoms with Gasteiger partial charge < -0.3 is 15.0 Å². The lowest BCUT2D eigenvalue weighted by Crippen LogP contribution is -2.54. The second kappa shape index (κ2) is 11.4. The van der Waals surface area contributed by atoms with Gasteiger partial charge in [0.25, 0.3) is 0 Å². The number of sulfonamides is 1. The Balaban J connectivity index is 1.86. The van der Waals surface area contributed by atoms with Crippen LogP contribution in [-0.4, -0.2) is 81.3 Å². The molecule has 0 atom stereocenters. The number of hydrogen-bond donors (Lipinski definition) is 1. The van der Waals surface area contributed by atoms with Crippen molar-refractivity contribution in [2.45, 2.75) is 33.3 Å². The van der Waals surface area contributed by atoms with Crippen molar-refractivity contribution in [3.8, 4) is 0 Å². The molecule has 1 aromatic carbocycles. The highest BCUT2D eigenvalue weighted by Gasteiger charge is 2.27. The molecule has 0 aliphatic carbocycles. The van der Waals surface area contributed by atoms with E-state index in [0.717, 1.165) is 18.9 Å². The van der Waals surface area contributed by atoms with E-state index in [1.165, 1.54) is 5.56 Å². The highest BCUT2D eigenvalue weighted by atomic mass is 32.2. The van der Waals surface area contributed by atoms with E-state index in [0.29, 0.717) is 32.7 Å². The zero-order chi connectivity index (χ0) is 20.4. The molecule has 8 heteroatoms. The molecule has 2 rings (SSSR count). The predicted octanol–water partition coefficient (Wildman–Crippen LogP) is 1.57. The molecule has 1 heterocycles. The van der Waals surface area contributed by atoms with Crippen molar-refractivity contribution >= 4 is 16.0 Å². The second-order valence-corrected chi connectivity index (χ2v) is 9.18. The number of guanidine groups is 1. The third kappa shape index (κ3) is 7.41. The molecule has 1 aliphatic heterocycles. The van der Waals surface area contributed by atoms with E-state index in [9.17, 15) is 8.42 Å². The summed E-state index contributed by atoms with van der Waals surface area (Å²) in [4.78, 5) is 6.88. The molecule has 158 valence electrons. The molecule has 0 saturated carbocycles. The Hall–Kier alpha value is -1.64. The summed E-state index contributed by atoms with van der Waals surface area (Å²) in [6.07, 6.45) is 0.932. The fourth-order valence-corrected chi connectivity index (χ4v) is 4.34. The van der Waals surface area contributed by atoms with E-state index >= 15 is 0 Å². The summed E-state index contributed by atoms with van der Waals surface area (Å²) in [5.41, 5.74) is 1.27. The topological polar surface area (TPSA) is 74.2 Å². The van der Waals surface area contributed by atoms with Crippen LogP contribution >= 0.6 is 0 Å². The molecular formula is C20H34N4O3S. The van der Waals surface area contributed by atoms with Gasteiger partial charge in [0, 0.05) is 39.3 Å². The zero-order valence-corrected chi connectivity index (χ0v) is 18.1. The number of ether oxygens (including phenoxy) is 1. The molecule has 1 aliphatic rings. The molecule has 0 amide bonds. The minimum atomic E-state index is -3.27. The average molecular weight is 411 g/mol. The van der Waals surface area contributed by atoms with Crippen molar-refractivity contribution in [3.05, 3.63) is 35.9 Å². The molecule has 0 spiro atoms. The van der Waals surface area contributed by atoms with Crippen molar-refractivity contribution in [2.24, 2.45) is 4.99 Å². The second-order valence-electron chi connectivity index (χ2n) is 7.09. The van der Waals surface area contributed by atoms with Gasteiger partial charge in [0.15, 0.2) is 5.96 Å². The van der Waals surface area contributed by atoms with Crippen molar-refractivity contribution in [3.63, 3.8) is 0 Å². The largest absolute Gasteiger partial charge is 0.378 e. The summed E-state index contributed by atoms with van der Waals surface area (Å²) in [5, 5.41) is 3.33. The van der Waals surface area contributed by atoms with Gasteiger partial charge in [-0.25, -0.2) is 8.42 Å².